The fraction of sp³-hybridized carbons (Fsp3) is 0.571. The maximum absolute atomic E-state index is 11.8. The molecule has 0 radical (unpaired) electrons. The SMILES string of the molecule is CC(N)c1cn(CCF)cn1. The van der Waals surface area contributed by atoms with E-state index < -0.39 is 0 Å². The highest BCUT2D eigenvalue weighted by atomic mass is 19.1. The van der Waals surface area contributed by atoms with Crippen molar-refractivity contribution in [2.24, 2.45) is 5.73 Å². The molecule has 0 fully saturated rings. The maximum atomic E-state index is 11.8. The molecule has 4 heteroatoms. The number of hydrogen-bond acceptors (Lipinski definition) is 2. The van der Waals surface area contributed by atoms with Gasteiger partial charge in [-0.15, -0.1) is 0 Å². The van der Waals surface area contributed by atoms with E-state index >= 15 is 0 Å². The molecule has 0 aromatic carbocycles. The summed E-state index contributed by atoms with van der Waals surface area (Å²) < 4.78 is 13.5. The average molecular weight is 157 g/mol. The number of nitrogens with zero attached hydrogens (tertiary/aromatic N) is 2. The van der Waals surface area contributed by atoms with Crippen LogP contribution in [0.25, 0.3) is 0 Å². The summed E-state index contributed by atoms with van der Waals surface area (Å²) in [5.41, 5.74) is 6.36. The van der Waals surface area contributed by atoms with Gasteiger partial charge >= 0.3 is 0 Å². The Balaban J connectivity index is 2.66. The molecular formula is C7H12FN3. The van der Waals surface area contributed by atoms with E-state index in [1.807, 2.05) is 6.92 Å². The van der Waals surface area contributed by atoms with Gasteiger partial charge in [0.15, 0.2) is 0 Å². The molecule has 62 valence electrons. The van der Waals surface area contributed by atoms with Crippen LogP contribution in [-0.4, -0.2) is 16.2 Å². The third-order valence-corrected chi connectivity index (χ3v) is 1.46. The van der Waals surface area contributed by atoms with Crippen LogP contribution in [0.1, 0.15) is 18.7 Å². The summed E-state index contributed by atoms with van der Waals surface area (Å²) in [6, 6.07) is -0.0733. The van der Waals surface area contributed by atoms with E-state index in [0.717, 1.165) is 5.69 Å². The van der Waals surface area contributed by atoms with Crippen LogP contribution in [0.5, 0.6) is 0 Å². The molecule has 0 spiro atoms. The molecule has 1 unspecified atom stereocenters. The monoisotopic (exact) mass is 157 g/mol. The van der Waals surface area contributed by atoms with Crippen LogP contribution in [0.4, 0.5) is 4.39 Å². The number of rotatable bonds is 3. The third-order valence-electron chi connectivity index (χ3n) is 1.46. The average Bonchev–Trinajstić information content (AvgIpc) is 2.37. The number of halogens is 1. The molecule has 0 aliphatic carbocycles. The lowest BCUT2D eigenvalue weighted by Crippen LogP contribution is -2.05. The smallest absolute Gasteiger partial charge is 0.107 e. The van der Waals surface area contributed by atoms with Gasteiger partial charge in [0.05, 0.1) is 18.6 Å². The van der Waals surface area contributed by atoms with Gasteiger partial charge in [-0.1, -0.05) is 0 Å². The van der Waals surface area contributed by atoms with Crippen LogP contribution in [0.3, 0.4) is 0 Å². The number of aromatic nitrogens is 2. The van der Waals surface area contributed by atoms with Crippen molar-refractivity contribution in [1.82, 2.24) is 9.55 Å². The van der Waals surface area contributed by atoms with Crippen molar-refractivity contribution in [3.05, 3.63) is 18.2 Å². The molecule has 0 saturated carbocycles. The van der Waals surface area contributed by atoms with Gasteiger partial charge in [-0.2, -0.15) is 0 Å². The zero-order valence-corrected chi connectivity index (χ0v) is 6.50. The molecule has 0 bridgehead atoms. The van der Waals surface area contributed by atoms with Crippen molar-refractivity contribution in [1.29, 1.82) is 0 Å². The minimum Gasteiger partial charge on any atom is -0.335 e. The van der Waals surface area contributed by atoms with Crippen LogP contribution in [0.2, 0.25) is 0 Å². The summed E-state index contributed by atoms with van der Waals surface area (Å²) in [5.74, 6) is 0. The Morgan fingerprint density at radius 1 is 1.82 bits per heavy atom. The lowest BCUT2D eigenvalue weighted by Gasteiger charge is -1.97. The first-order valence-corrected chi connectivity index (χ1v) is 3.57. The molecule has 1 aromatic rings. The summed E-state index contributed by atoms with van der Waals surface area (Å²) in [5, 5.41) is 0. The first kappa shape index (κ1) is 8.20. The highest BCUT2D eigenvalue weighted by Crippen LogP contribution is 2.04. The van der Waals surface area contributed by atoms with Crippen molar-refractivity contribution in [3.63, 3.8) is 0 Å². The van der Waals surface area contributed by atoms with Gasteiger partial charge in [0.25, 0.3) is 0 Å². The largest absolute Gasteiger partial charge is 0.335 e. The van der Waals surface area contributed by atoms with Gasteiger partial charge in [-0.25, -0.2) is 9.37 Å². The molecule has 11 heavy (non-hydrogen) atoms. The zero-order chi connectivity index (χ0) is 8.27. The predicted molar refractivity (Wildman–Crippen MR) is 40.8 cm³/mol. The second kappa shape index (κ2) is 3.48. The van der Waals surface area contributed by atoms with Crippen molar-refractivity contribution in [3.8, 4) is 0 Å². The Morgan fingerprint density at radius 3 is 3.00 bits per heavy atom. The van der Waals surface area contributed by atoms with E-state index in [0.29, 0.717) is 6.54 Å². The van der Waals surface area contributed by atoms with Gasteiger partial charge in [0.2, 0.25) is 0 Å². The van der Waals surface area contributed by atoms with E-state index in [2.05, 4.69) is 4.98 Å². The van der Waals surface area contributed by atoms with Crippen molar-refractivity contribution in [2.75, 3.05) is 6.67 Å². The van der Waals surface area contributed by atoms with Gasteiger partial charge < -0.3 is 10.3 Å². The molecule has 0 amide bonds. The Hall–Kier alpha value is -0.900. The highest BCUT2D eigenvalue weighted by molar-refractivity contribution is 5.01. The Labute approximate surface area is 65.0 Å². The fourth-order valence-electron chi connectivity index (χ4n) is 0.832. The lowest BCUT2D eigenvalue weighted by molar-refractivity contribution is 0.445. The van der Waals surface area contributed by atoms with E-state index in [9.17, 15) is 4.39 Å². The molecule has 1 heterocycles. The zero-order valence-electron chi connectivity index (χ0n) is 6.50. The number of aryl methyl sites for hydroxylation is 1. The third kappa shape index (κ3) is 2.01. The predicted octanol–water partition coefficient (Wildman–Crippen LogP) is 0.872. The summed E-state index contributed by atoms with van der Waals surface area (Å²) in [4.78, 5) is 4.01. The second-order valence-electron chi connectivity index (χ2n) is 2.51. The minimum absolute atomic E-state index is 0.0733. The topological polar surface area (TPSA) is 43.8 Å². The van der Waals surface area contributed by atoms with Gasteiger partial charge in [-0.3, -0.25) is 0 Å². The van der Waals surface area contributed by atoms with E-state index in [-0.39, 0.29) is 12.7 Å². The summed E-state index contributed by atoms with van der Waals surface area (Å²) in [6.45, 7) is 1.84. The van der Waals surface area contributed by atoms with Crippen LogP contribution in [0, 0.1) is 0 Å². The second-order valence-corrected chi connectivity index (χ2v) is 2.51. The number of nitrogens with two attached hydrogens (primary N) is 1. The maximum Gasteiger partial charge on any atom is 0.107 e. The first-order chi connectivity index (χ1) is 5.24. The van der Waals surface area contributed by atoms with Gasteiger partial charge in [0, 0.05) is 12.2 Å². The van der Waals surface area contributed by atoms with Crippen LogP contribution >= 0.6 is 0 Å². The summed E-state index contributed by atoms with van der Waals surface area (Å²) >= 11 is 0. The highest BCUT2D eigenvalue weighted by Gasteiger charge is 2.02. The lowest BCUT2D eigenvalue weighted by atomic mass is 10.3. The molecule has 1 rings (SSSR count). The fourth-order valence-corrected chi connectivity index (χ4v) is 0.832. The minimum atomic E-state index is -0.366. The molecule has 0 saturated heterocycles. The normalized spacial score (nSPS) is 13.4. The number of imidazole rings is 1. The van der Waals surface area contributed by atoms with Gasteiger partial charge in [0.1, 0.15) is 6.67 Å². The molecule has 1 atom stereocenters. The van der Waals surface area contributed by atoms with E-state index in [4.69, 9.17) is 5.73 Å². The van der Waals surface area contributed by atoms with E-state index in [1.54, 1.807) is 17.1 Å². The number of hydrogen-bond donors (Lipinski definition) is 1. The molecule has 0 aliphatic heterocycles. The van der Waals surface area contributed by atoms with Crippen molar-refractivity contribution >= 4 is 0 Å². The number of alkyl halides is 1. The molecule has 1 aromatic heterocycles. The van der Waals surface area contributed by atoms with Crippen LogP contribution in [-0.2, 0) is 6.54 Å². The molecular weight excluding hydrogens is 145 g/mol. The Morgan fingerprint density at radius 2 is 2.55 bits per heavy atom. The first-order valence-electron chi connectivity index (χ1n) is 3.57. The standard InChI is InChI=1S/C7H12FN3/c1-6(9)7-4-11(3-2-8)5-10-7/h4-6H,2-3,9H2,1H3. The molecule has 0 aliphatic rings. The Bertz CT molecular complexity index is 219. The Kier molecular flexibility index (Phi) is 2.59. The van der Waals surface area contributed by atoms with Crippen molar-refractivity contribution in [2.45, 2.75) is 19.5 Å². The molecule has 3 nitrogen and oxygen atoms in total. The van der Waals surface area contributed by atoms with Crippen LogP contribution < -0.4 is 5.73 Å². The molecule has 2 N–H and O–H groups in total. The summed E-state index contributed by atoms with van der Waals surface area (Å²) in [6.07, 6.45) is 3.36. The van der Waals surface area contributed by atoms with Crippen molar-refractivity contribution < 1.29 is 4.39 Å². The van der Waals surface area contributed by atoms with Gasteiger partial charge in [-0.05, 0) is 6.92 Å². The van der Waals surface area contributed by atoms with Crippen LogP contribution in [0.15, 0.2) is 12.5 Å². The summed E-state index contributed by atoms with van der Waals surface area (Å²) in [7, 11) is 0. The van der Waals surface area contributed by atoms with E-state index in [1.165, 1.54) is 0 Å². The quantitative estimate of drug-likeness (QED) is 0.707.